The maximum atomic E-state index is 2.53. The van der Waals surface area contributed by atoms with Crippen molar-refractivity contribution < 1.29 is 0 Å². The molecule has 5 rings (SSSR count). The van der Waals surface area contributed by atoms with Gasteiger partial charge in [-0.3, -0.25) is 0 Å². The van der Waals surface area contributed by atoms with Crippen LogP contribution in [0.3, 0.4) is 0 Å². The molecule has 0 aliphatic carbocycles. The van der Waals surface area contributed by atoms with Crippen LogP contribution in [0.4, 0.5) is 0 Å². The number of hydrogen-bond donors (Lipinski definition) is 0. The van der Waals surface area contributed by atoms with Crippen molar-refractivity contribution in [3.8, 4) is 0 Å². The van der Waals surface area contributed by atoms with E-state index in [1.165, 1.54) is 26.5 Å². The lowest BCUT2D eigenvalue weighted by Gasteiger charge is -2.40. The number of hydrogen-bond acceptors (Lipinski definition) is 0. The van der Waals surface area contributed by atoms with Crippen molar-refractivity contribution in [3.05, 3.63) is 152 Å². The Hall–Kier alpha value is -2.61. The Morgan fingerprint density at radius 1 is 0.324 bits per heavy atom. The summed E-state index contributed by atoms with van der Waals surface area (Å²) in [5, 5.41) is 8.42. The Morgan fingerprint density at radius 2 is 0.541 bits per heavy atom. The van der Waals surface area contributed by atoms with Crippen molar-refractivity contribution in [1.29, 1.82) is 0 Å². The van der Waals surface area contributed by atoms with Crippen LogP contribution in [-0.4, -0.2) is 10.8 Å². The molecule has 0 aliphatic rings. The SMILES string of the molecule is CC(P(c1ccccc1)c1ccccc1)P(c1ccccc1)C(C)P(c1ccccc1)c1ccccc1. The Labute approximate surface area is 226 Å². The van der Waals surface area contributed by atoms with E-state index >= 15 is 0 Å². The Balaban J connectivity index is 1.65. The summed E-state index contributed by atoms with van der Waals surface area (Å²) < 4.78 is 0. The van der Waals surface area contributed by atoms with Gasteiger partial charge in [-0.05, 0) is 42.4 Å². The molecule has 5 aromatic rings. The minimum absolute atomic E-state index is 0.494. The molecule has 0 amide bonds. The first-order valence-electron chi connectivity index (χ1n) is 12.9. The second-order valence-corrected chi connectivity index (χ2v) is 17.9. The molecule has 0 nitrogen and oxygen atoms in total. The molecule has 0 bridgehead atoms. The highest BCUT2D eigenvalue weighted by molar-refractivity contribution is 7.93. The lowest BCUT2D eigenvalue weighted by atomic mass is 10.4. The van der Waals surface area contributed by atoms with Gasteiger partial charge in [0.05, 0.1) is 0 Å². The molecule has 0 saturated heterocycles. The van der Waals surface area contributed by atoms with Gasteiger partial charge in [0.25, 0.3) is 0 Å². The Bertz CT molecular complexity index is 1180. The molecule has 184 valence electrons. The van der Waals surface area contributed by atoms with E-state index in [2.05, 4.69) is 166 Å². The van der Waals surface area contributed by atoms with Gasteiger partial charge in [0.1, 0.15) is 0 Å². The summed E-state index contributed by atoms with van der Waals surface area (Å²) in [6, 6.07) is 56.3. The van der Waals surface area contributed by atoms with Crippen molar-refractivity contribution >= 4 is 50.3 Å². The van der Waals surface area contributed by atoms with E-state index in [9.17, 15) is 0 Å². The topological polar surface area (TPSA) is 0 Å². The van der Waals surface area contributed by atoms with Gasteiger partial charge in [-0.2, -0.15) is 0 Å². The monoisotopic (exact) mass is 534 g/mol. The molecule has 0 saturated carbocycles. The summed E-state index contributed by atoms with van der Waals surface area (Å²) in [5.41, 5.74) is 0. The smallest absolute Gasteiger partial charge is 0.00920 e. The molecular formula is C34H33P3. The van der Waals surface area contributed by atoms with Crippen LogP contribution >= 0.6 is 23.8 Å². The molecule has 37 heavy (non-hydrogen) atoms. The zero-order valence-electron chi connectivity index (χ0n) is 21.4. The summed E-state index contributed by atoms with van der Waals surface area (Å²) in [4.78, 5) is 0. The van der Waals surface area contributed by atoms with Crippen LogP contribution in [0, 0.1) is 0 Å². The first kappa shape index (κ1) is 26.0. The predicted molar refractivity (Wildman–Crippen MR) is 170 cm³/mol. The molecule has 0 aromatic heterocycles. The van der Waals surface area contributed by atoms with Gasteiger partial charge in [0.15, 0.2) is 0 Å². The predicted octanol–water partition coefficient (Wildman–Crippen LogP) is 7.75. The second kappa shape index (κ2) is 12.8. The van der Waals surface area contributed by atoms with E-state index < -0.39 is 23.8 Å². The van der Waals surface area contributed by atoms with Crippen LogP contribution in [0.25, 0.3) is 0 Å². The van der Waals surface area contributed by atoms with Gasteiger partial charge in [-0.1, -0.05) is 173 Å². The fourth-order valence-electron chi connectivity index (χ4n) is 5.11. The van der Waals surface area contributed by atoms with E-state index in [-0.39, 0.29) is 0 Å². The van der Waals surface area contributed by atoms with Crippen LogP contribution < -0.4 is 26.5 Å². The van der Waals surface area contributed by atoms with E-state index in [1.807, 2.05) is 0 Å². The third-order valence-corrected chi connectivity index (χ3v) is 17.0. The standard InChI is InChI=1S/C34H33P3/c1-28(36(31-20-10-4-11-21-31)32-22-12-5-13-23-32)35(30-18-8-3-9-19-30)29(2)37(33-24-14-6-15-25-33)34-26-16-7-17-27-34/h3-29H,1-2H3. The highest BCUT2D eigenvalue weighted by Gasteiger charge is 2.36. The highest BCUT2D eigenvalue weighted by atomic mass is 31.2. The lowest BCUT2D eigenvalue weighted by Crippen LogP contribution is -2.28. The summed E-state index contributed by atoms with van der Waals surface area (Å²) in [7, 11) is -1.56. The third kappa shape index (κ3) is 6.11. The maximum Gasteiger partial charge on any atom is 0.00920 e. The van der Waals surface area contributed by atoms with Crippen molar-refractivity contribution in [2.24, 2.45) is 0 Å². The maximum absolute atomic E-state index is 2.53. The molecule has 0 heterocycles. The molecule has 0 spiro atoms. The summed E-state index contributed by atoms with van der Waals surface area (Å²) in [5.74, 6) is 0. The third-order valence-electron chi connectivity index (χ3n) is 6.74. The van der Waals surface area contributed by atoms with Crippen LogP contribution in [0.2, 0.25) is 0 Å². The van der Waals surface area contributed by atoms with E-state index in [4.69, 9.17) is 0 Å². The average Bonchev–Trinajstić information content (AvgIpc) is 2.96. The zero-order chi connectivity index (χ0) is 25.5. The molecule has 0 fully saturated rings. The van der Waals surface area contributed by atoms with Gasteiger partial charge < -0.3 is 0 Å². The van der Waals surface area contributed by atoms with Crippen molar-refractivity contribution in [2.45, 2.75) is 24.6 Å². The fourth-order valence-corrected chi connectivity index (χ4v) is 17.3. The lowest BCUT2D eigenvalue weighted by molar-refractivity contribution is 1.29. The number of rotatable bonds is 9. The van der Waals surface area contributed by atoms with Crippen LogP contribution in [-0.2, 0) is 0 Å². The Kier molecular flexibility index (Phi) is 8.97. The normalized spacial score (nSPS) is 13.8. The minimum Gasteiger partial charge on any atom is -0.0622 e. The number of benzene rings is 5. The van der Waals surface area contributed by atoms with Gasteiger partial charge in [-0.25, -0.2) is 0 Å². The summed E-state index contributed by atoms with van der Waals surface area (Å²) in [6.45, 7) is 5.06. The first-order chi connectivity index (χ1) is 18.2. The van der Waals surface area contributed by atoms with Gasteiger partial charge >= 0.3 is 0 Å². The zero-order valence-corrected chi connectivity index (χ0v) is 24.1. The second-order valence-electron chi connectivity index (χ2n) is 9.09. The summed E-state index contributed by atoms with van der Waals surface area (Å²) >= 11 is 0. The van der Waals surface area contributed by atoms with Crippen LogP contribution in [0.15, 0.2) is 152 Å². The van der Waals surface area contributed by atoms with Gasteiger partial charge in [0.2, 0.25) is 0 Å². The van der Waals surface area contributed by atoms with Crippen molar-refractivity contribution in [2.75, 3.05) is 0 Å². The van der Waals surface area contributed by atoms with Crippen LogP contribution in [0.5, 0.6) is 0 Å². The largest absolute Gasteiger partial charge is 0.0622 e. The van der Waals surface area contributed by atoms with Crippen molar-refractivity contribution in [1.82, 2.24) is 0 Å². The van der Waals surface area contributed by atoms with E-state index in [1.54, 1.807) is 0 Å². The minimum atomic E-state index is -0.531. The van der Waals surface area contributed by atoms with E-state index in [0.29, 0.717) is 10.8 Å². The molecule has 0 aliphatic heterocycles. The summed E-state index contributed by atoms with van der Waals surface area (Å²) in [6.07, 6.45) is 0. The first-order valence-corrected chi connectivity index (χ1v) is 17.2. The molecule has 2 atom stereocenters. The molecular weight excluding hydrogens is 501 g/mol. The molecule has 0 N–H and O–H groups in total. The fraction of sp³-hybridized carbons (Fsp3) is 0.118. The quantitative estimate of drug-likeness (QED) is 0.170. The van der Waals surface area contributed by atoms with Crippen molar-refractivity contribution in [3.63, 3.8) is 0 Å². The van der Waals surface area contributed by atoms with Gasteiger partial charge in [0, 0.05) is 10.8 Å². The Morgan fingerprint density at radius 3 is 0.784 bits per heavy atom. The molecule has 0 radical (unpaired) electrons. The molecule has 5 aromatic carbocycles. The van der Waals surface area contributed by atoms with E-state index in [0.717, 1.165) is 0 Å². The highest BCUT2D eigenvalue weighted by Crippen LogP contribution is 2.65. The van der Waals surface area contributed by atoms with Gasteiger partial charge in [-0.15, -0.1) is 0 Å². The average molecular weight is 535 g/mol. The molecule has 3 heteroatoms. The molecule has 2 unspecified atom stereocenters. The van der Waals surface area contributed by atoms with Crippen LogP contribution in [0.1, 0.15) is 13.8 Å².